The fraction of sp³-hybridized carbons (Fsp3) is 0.700. The van der Waals surface area contributed by atoms with Gasteiger partial charge in [0, 0.05) is 6.04 Å². The van der Waals surface area contributed by atoms with Crippen LogP contribution in [0, 0.1) is 17.6 Å². The molecular formula is C10H12N2OS. The van der Waals surface area contributed by atoms with Gasteiger partial charge in [0.15, 0.2) is 10.9 Å². The number of rotatable bonds is 1. The lowest BCUT2D eigenvalue weighted by Crippen LogP contribution is -2.36. The Labute approximate surface area is 87.7 Å². The number of amidine groups is 1. The predicted molar refractivity (Wildman–Crippen MR) is 55.6 cm³/mol. The van der Waals surface area contributed by atoms with Crippen LogP contribution in [0.25, 0.3) is 0 Å². The third kappa shape index (κ3) is 1.45. The number of carbonyl (C=O) groups is 1. The Morgan fingerprint density at radius 1 is 1.43 bits per heavy atom. The zero-order chi connectivity index (χ0) is 9.54. The first kappa shape index (κ1) is 8.77. The van der Waals surface area contributed by atoms with Gasteiger partial charge < -0.3 is 5.32 Å². The molecule has 0 aromatic carbocycles. The number of thioether (sulfide) groups is 1. The first-order valence-electron chi connectivity index (χ1n) is 5.13. The van der Waals surface area contributed by atoms with E-state index >= 15 is 0 Å². The molecule has 1 aliphatic heterocycles. The highest BCUT2D eigenvalue weighted by Crippen LogP contribution is 2.44. The smallest absolute Gasteiger partial charge is 0.268 e. The van der Waals surface area contributed by atoms with E-state index in [2.05, 4.69) is 16.1 Å². The average Bonchev–Trinajstić information content (AvgIpc) is 2.82. The van der Waals surface area contributed by atoms with Crippen molar-refractivity contribution in [2.75, 3.05) is 0 Å². The molecule has 1 amide bonds. The zero-order valence-corrected chi connectivity index (χ0v) is 8.64. The number of aliphatic imine (C=N–C) groups is 1. The summed E-state index contributed by atoms with van der Waals surface area (Å²) in [4.78, 5) is 14.7. The minimum Gasteiger partial charge on any atom is -0.361 e. The summed E-state index contributed by atoms with van der Waals surface area (Å²) in [6.07, 6.45) is 5.39. The van der Waals surface area contributed by atoms with Crippen LogP contribution < -0.4 is 5.32 Å². The molecule has 0 spiro atoms. The summed E-state index contributed by atoms with van der Waals surface area (Å²) in [6, 6.07) is 0.563. The summed E-state index contributed by atoms with van der Waals surface area (Å²) in [7, 11) is 0. The van der Waals surface area contributed by atoms with E-state index in [1.807, 2.05) is 0 Å². The molecule has 2 saturated carbocycles. The number of hydrogen-bond acceptors (Lipinski definition) is 3. The van der Waals surface area contributed by atoms with Gasteiger partial charge in [-0.25, -0.2) is 0 Å². The Morgan fingerprint density at radius 3 is 2.93 bits per heavy atom. The van der Waals surface area contributed by atoms with E-state index in [1.165, 1.54) is 37.4 Å². The maximum atomic E-state index is 10.8. The van der Waals surface area contributed by atoms with Crippen molar-refractivity contribution < 1.29 is 4.79 Å². The van der Waals surface area contributed by atoms with Crippen molar-refractivity contribution in [3.63, 3.8) is 0 Å². The molecule has 1 heterocycles. The third-order valence-electron chi connectivity index (χ3n) is 3.49. The van der Waals surface area contributed by atoms with Crippen LogP contribution in [0.1, 0.15) is 25.7 Å². The van der Waals surface area contributed by atoms with E-state index in [0.717, 1.165) is 17.0 Å². The predicted octanol–water partition coefficient (Wildman–Crippen LogP) is 1.43. The minimum absolute atomic E-state index is 0.236. The third-order valence-corrected chi connectivity index (χ3v) is 4.16. The van der Waals surface area contributed by atoms with Crippen molar-refractivity contribution in [1.29, 1.82) is 0 Å². The Bertz CT molecular complexity index is 302. The Morgan fingerprint density at radius 2 is 2.36 bits per heavy atom. The molecule has 2 aliphatic carbocycles. The molecule has 1 N–H and O–H groups in total. The molecule has 3 nitrogen and oxygen atoms in total. The first-order valence-corrected chi connectivity index (χ1v) is 5.95. The van der Waals surface area contributed by atoms with Crippen LogP contribution in [-0.4, -0.2) is 17.1 Å². The summed E-state index contributed by atoms with van der Waals surface area (Å²) in [5.74, 6) is 4.11. The molecule has 3 rings (SSSR count). The molecule has 2 radical (unpaired) electrons. The topological polar surface area (TPSA) is 41.5 Å². The Balaban J connectivity index is 1.63. The van der Waals surface area contributed by atoms with E-state index in [-0.39, 0.29) is 5.91 Å². The van der Waals surface area contributed by atoms with Crippen molar-refractivity contribution in [1.82, 2.24) is 5.32 Å². The normalized spacial score (nSPS) is 40.4. The number of amides is 1. The fourth-order valence-corrected chi connectivity index (χ4v) is 3.44. The minimum atomic E-state index is -0.236. The van der Waals surface area contributed by atoms with E-state index in [4.69, 9.17) is 0 Å². The Hall–Kier alpha value is -0.510. The van der Waals surface area contributed by atoms with E-state index in [9.17, 15) is 4.79 Å². The van der Waals surface area contributed by atoms with Crippen molar-refractivity contribution in [2.24, 2.45) is 16.8 Å². The van der Waals surface area contributed by atoms with Gasteiger partial charge in [-0.3, -0.25) is 4.79 Å². The quantitative estimate of drug-likeness (QED) is 0.709. The molecule has 0 saturated heterocycles. The van der Waals surface area contributed by atoms with Gasteiger partial charge in [0.2, 0.25) is 0 Å². The van der Waals surface area contributed by atoms with Crippen LogP contribution in [0.4, 0.5) is 0 Å². The Kier molecular flexibility index (Phi) is 2.04. The molecule has 3 atom stereocenters. The van der Waals surface area contributed by atoms with Crippen molar-refractivity contribution in [3.8, 4) is 0 Å². The molecule has 74 valence electrons. The van der Waals surface area contributed by atoms with E-state index < -0.39 is 0 Å². The van der Waals surface area contributed by atoms with Crippen LogP contribution in [0.5, 0.6) is 0 Å². The lowest BCUT2D eigenvalue weighted by molar-refractivity contribution is -0.113. The van der Waals surface area contributed by atoms with Crippen LogP contribution in [-0.2, 0) is 4.79 Å². The van der Waals surface area contributed by atoms with Crippen LogP contribution >= 0.6 is 11.8 Å². The fourth-order valence-electron chi connectivity index (χ4n) is 2.87. The van der Waals surface area contributed by atoms with Gasteiger partial charge in [0.25, 0.3) is 5.91 Å². The second-order valence-corrected chi connectivity index (χ2v) is 5.15. The number of fused-ring (bicyclic) bond motifs is 2. The number of nitrogens with one attached hydrogen (secondary N) is 1. The standard InChI is InChI=1S/C10H12N2OS/c13-9-5-14-10(12-9)11-8-4-6-1-2-7(8)3-6/h6-8H,1-4H2,(H,11,12,13). The highest BCUT2D eigenvalue weighted by atomic mass is 32.2. The lowest BCUT2D eigenvalue weighted by atomic mass is 9.96. The molecular weight excluding hydrogens is 196 g/mol. The number of hydrogen-bond donors (Lipinski definition) is 1. The average molecular weight is 208 g/mol. The van der Waals surface area contributed by atoms with Gasteiger partial charge in [-0.15, -0.1) is 0 Å². The summed E-state index contributed by atoms with van der Waals surface area (Å²) in [5.41, 5.74) is 0. The molecule has 4 heteroatoms. The molecule has 2 bridgehead atoms. The van der Waals surface area contributed by atoms with Gasteiger partial charge >= 0.3 is 0 Å². The number of carbonyl (C=O) groups excluding carboxylic acids is 1. The van der Waals surface area contributed by atoms with Crippen LogP contribution in [0.15, 0.2) is 4.99 Å². The van der Waals surface area contributed by atoms with E-state index in [1.54, 1.807) is 0 Å². The first-order chi connectivity index (χ1) is 6.81. The van der Waals surface area contributed by atoms with Crippen molar-refractivity contribution >= 4 is 22.8 Å². The maximum Gasteiger partial charge on any atom is 0.268 e. The molecule has 3 aliphatic rings. The SMILES string of the molecule is O=C1[C]SC(NC2CC3CCC2C3)=N1. The second kappa shape index (κ2) is 3.26. The monoisotopic (exact) mass is 208 g/mol. The largest absolute Gasteiger partial charge is 0.361 e. The summed E-state index contributed by atoms with van der Waals surface area (Å²) >= 11 is 1.30. The highest BCUT2D eigenvalue weighted by molar-refractivity contribution is 8.16. The summed E-state index contributed by atoms with van der Waals surface area (Å²) in [6.45, 7) is 0. The van der Waals surface area contributed by atoms with Gasteiger partial charge in [0.05, 0.1) is 0 Å². The lowest BCUT2D eigenvalue weighted by Gasteiger charge is -2.23. The summed E-state index contributed by atoms with van der Waals surface area (Å²) < 4.78 is 0. The van der Waals surface area contributed by atoms with Crippen molar-refractivity contribution in [2.45, 2.75) is 31.7 Å². The van der Waals surface area contributed by atoms with Crippen LogP contribution in [0.3, 0.4) is 0 Å². The van der Waals surface area contributed by atoms with Crippen molar-refractivity contribution in [3.05, 3.63) is 5.75 Å². The second-order valence-electron chi connectivity index (χ2n) is 4.35. The van der Waals surface area contributed by atoms with Gasteiger partial charge in [-0.05, 0) is 31.1 Å². The molecule has 2 fully saturated rings. The molecule has 0 aromatic rings. The molecule has 14 heavy (non-hydrogen) atoms. The molecule has 0 aromatic heterocycles. The zero-order valence-electron chi connectivity index (χ0n) is 7.82. The highest BCUT2D eigenvalue weighted by Gasteiger charge is 2.40. The van der Waals surface area contributed by atoms with Gasteiger partial charge in [-0.1, -0.05) is 18.2 Å². The summed E-state index contributed by atoms with van der Waals surface area (Å²) in [5, 5.41) is 4.13. The maximum absolute atomic E-state index is 10.8. The van der Waals surface area contributed by atoms with Crippen LogP contribution in [0.2, 0.25) is 0 Å². The van der Waals surface area contributed by atoms with Gasteiger partial charge in [0.1, 0.15) is 0 Å². The van der Waals surface area contributed by atoms with E-state index in [0.29, 0.717) is 6.04 Å². The molecule has 3 unspecified atom stereocenters. The van der Waals surface area contributed by atoms with Gasteiger partial charge in [-0.2, -0.15) is 4.99 Å². The number of nitrogens with zero attached hydrogens (tertiary/aromatic N) is 1.